The van der Waals surface area contributed by atoms with E-state index in [9.17, 15) is 8.42 Å². The van der Waals surface area contributed by atoms with Crippen molar-refractivity contribution in [2.24, 2.45) is 4.99 Å². The van der Waals surface area contributed by atoms with E-state index in [0.29, 0.717) is 25.5 Å². The van der Waals surface area contributed by atoms with E-state index in [4.69, 9.17) is 9.15 Å². The highest BCUT2D eigenvalue weighted by Crippen LogP contribution is 2.13. The lowest BCUT2D eigenvalue weighted by atomic mass is 10.2. The van der Waals surface area contributed by atoms with Crippen molar-refractivity contribution in [2.75, 3.05) is 31.2 Å². The molecule has 0 bridgehead atoms. The summed E-state index contributed by atoms with van der Waals surface area (Å²) < 4.78 is 34.2. The molecule has 142 valence electrons. The molecule has 3 heterocycles. The Morgan fingerprint density at radius 3 is 2.88 bits per heavy atom. The van der Waals surface area contributed by atoms with Crippen LogP contribution in [0.25, 0.3) is 0 Å². The third-order valence-electron chi connectivity index (χ3n) is 4.29. The normalized spacial score (nSPS) is 25.5. The number of guanidine groups is 1. The van der Waals surface area contributed by atoms with Crippen LogP contribution >= 0.6 is 24.0 Å². The molecule has 2 fully saturated rings. The van der Waals surface area contributed by atoms with Gasteiger partial charge in [-0.15, -0.1) is 24.0 Å². The maximum absolute atomic E-state index is 11.6. The molecule has 2 atom stereocenters. The molecule has 0 amide bonds. The highest BCUT2D eigenvalue weighted by atomic mass is 127. The van der Waals surface area contributed by atoms with Crippen LogP contribution in [0.4, 0.5) is 0 Å². The Morgan fingerprint density at radius 2 is 2.24 bits per heavy atom. The fourth-order valence-electron chi connectivity index (χ4n) is 3.00. The van der Waals surface area contributed by atoms with Crippen LogP contribution in [0, 0.1) is 0 Å². The monoisotopic (exact) mass is 483 g/mol. The van der Waals surface area contributed by atoms with E-state index >= 15 is 0 Å². The van der Waals surface area contributed by atoms with Gasteiger partial charge in [-0.3, -0.25) is 4.99 Å². The SMILES string of the molecule is I.O=S1(=O)CCC(NC(=NCC2CCCO2)NCCc2ccco2)C1. The first-order chi connectivity index (χ1) is 11.6. The number of furan rings is 1. The fraction of sp³-hybridized carbons (Fsp3) is 0.688. The van der Waals surface area contributed by atoms with Crippen molar-refractivity contribution in [3.05, 3.63) is 24.2 Å². The molecule has 3 rings (SSSR count). The molecule has 25 heavy (non-hydrogen) atoms. The minimum Gasteiger partial charge on any atom is -0.469 e. The molecule has 9 heteroatoms. The molecule has 0 aromatic carbocycles. The quantitative estimate of drug-likeness (QED) is 0.361. The topological polar surface area (TPSA) is 92.9 Å². The molecule has 7 nitrogen and oxygen atoms in total. The van der Waals surface area contributed by atoms with Gasteiger partial charge in [-0.2, -0.15) is 0 Å². The van der Waals surface area contributed by atoms with E-state index in [2.05, 4.69) is 15.6 Å². The summed E-state index contributed by atoms with van der Waals surface area (Å²) in [5.74, 6) is 1.98. The van der Waals surface area contributed by atoms with Crippen molar-refractivity contribution in [1.29, 1.82) is 0 Å². The summed E-state index contributed by atoms with van der Waals surface area (Å²) in [4.78, 5) is 4.58. The van der Waals surface area contributed by atoms with Gasteiger partial charge in [-0.25, -0.2) is 8.42 Å². The van der Waals surface area contributed by atoms with Crippen molar-refractivity contribution < 1.29 is 17.6 Å². The summed E-state index contributed by atoms with van der Waals surface area (Å²) in [5.41, 5.74) is 0. The highest BCUT2D eigenvalue weighted by molar-refractivity contribution is 14.0. The zero-order valence-electron chi connectivity index (χ0n) is 14.1. The highest BCUT2D eigenvalue weighted by Gasteiger charge is 2.28. The maximum atomic E-state index is 11.6. The first-order valence-corrected chi connectivity index (χ1v) is 10.3. The van der Waals surface area contributed by atoms with Gasteiger partial charge in [0.25, 0.3) is 0 Å². The second-order valence-corrected chi connectivity index (χ2v) is 8.55. The molecular formula is C16H26IN3O4S. The molecule has 2 unspecified atom stereocenters. The molecule has 0 radical (unpaired) electrons. The molecule has 0 aliphatic carbocycles. The van der Waals surface area contributed by atoms with Crippen LogP contribution in [0.3, 0.4) is 0 Å². The van der Waals surface area contributed by atoms with Crippen molar-refractivity contribution in [2.45, 2.75) is 37.8 Å². The van der Waals surface area contributed by atoms with E-state index in [1.54, 1.807) is 6.26 Å². The summed E-state index contributed by atoms with van der Waals surface area (Å²) >= 11 is 0. The predicted molar refractivity (Wildman–Crippen MR) is 107 cm³/mol. The Kier molecular flexibility index (Phi) is 8.01. The van der Waals surface area contributed by atoms with Gasteiger partial charge in [0.2, 0.25) is 0 Å². The molecule has 2 aliphatic rings. The van der Waals surface area contributed by atoms with E-state index < -0.39 is 9.84 Å². The van der Waals surface area contributed by atoms with Crippen LogP contribution < -0.4 is 10.6 Å². The number of halogens is 1. The zero-order chi connectivity index (χ0) is 16.8. The van der Waals surface area contributed by atoms with E-state index in [1.807, 2.05) is 12.1 Å². The van der Waals surface area contributed by atoms with Crippen molar-refractivity contribution in [3.63, 3.8) is 0 Å². The van der Waals surface area contributed by atoms with Gasteiger partial charge in [0.1, 0.15) is 5.76 Å². The lowest BCUT2D eigenvalue weighted by molar-refractivity contribution is 0.117. The fourth-order valence-corrected chi connectivity index (χ4v) is 4.67. The predicted octanol–water partition coefficient (Wildman–Crippen LogP) is 1.34. The smallest absolute Gasteiger partial charge is 0.191 e. The molecule has 0 saturated carbocycles. The van der Waals surface area contributed by atoms with Gasteiger partial charge in [0, 0.05) is 25.6 Å². The van der Waals surface area contributed by atoms with Crippen molar-refractivity contribution in [3.8, 4) is 0 Å². The molecule has 0 spiro atoms. The summed E-state index contributed by atoms with van der Waals surface area (Å²) in [7, 11) is -2.91. The maximum Gasteiger partial charge on any atom is 0.191 e. The largest absolute Gasteiger partial charge is 0.469 e. The second kappa shape index (κ2) is 9.77. The van der Waals surface area contributed by atoms with Gasteiger partial charge in [0.15, 0.2) is 15.8 Å². The Balaban J connectivity index is 0.00000225. The first kappa shape index (κ1) is 20.5. The average Bonchev–Trinajstić information content (AvgIpc) is 3.27. The van der Waals surface area contributed by atoms with E-state index in [0.717, 1.165) is 31.6 Å². The summed E-state index contributed by atoms with van der Waals surface area (Å²) in [6.45, 7) is 2.07. The Labute approximate surface area is 165 Å². The Morgan fingerprint density at radius 1 is 1.36 bits per heavy atom. The van der Waals surface area contributed by atoms with Crippen LogP contribution in [0.2, 0.25) is 0 Å². The third kappa shape index (κ3) is 6.78. The van der Waals surface area contributed by atoms with Crippen LogP contribution in [-0.4, -0.2) is 57.7 Å². The molecule has 1 aromatic heterocycles. The minimum absolute atomic E-state index is 0. The molecule has 2 saturated heterocycles. The molecule has 2 N–H and O–H groups in total. The summed E-state index contributed by atoms with van der Waals surface area (Å²) in [6.07, 6.45) is 5.30. The van der Waals surface area contributed by atoms with Gasteiger partial charge in [-0.1, -0.05) is 0 Å². The lowest BCUT2D eigenvalue weighted by Gasteiger charge is -2.17. The number of rotatable bonds is 6. The van der Waals surface area contributed by atoms with Crippen LogP contribution in [0.5, 0.6) is 0 Å². The first-order valence-electron chi connectivity index (χ1n) is 8.50. The summed E-state index contributed by atoms with van der Waals surface area (Å²) in [5, 5.41) is 6.51. The second-order valence-electron chi connectivity index (χ2n) is 6.32. The van der Waals surface area contributed by atoms with E-state index in [-0.39, 0.29) is 47.6 Å². The zero-order valence-corrected chi connectivity index (χ0v) is 17.3. The molecular weight excluding hydrogens is 457 g/mol. The van der Waals surface area contributed by atoms with Crippen LogP contribution in [0.15, 0.2) is 27.8 Å². The van der Waals surface area contributed by atoms with Gasteiger partial charge in [-0.05, 0) is 31.4 Å². The van der Waals surface area contributed by atoms with Gasteiger partial charge < -0.3 is 19.8 Å². The molecule has 1 aromatic rings. The lowest BCUT2D eigenvalue weighted by Crippen LogP contribution is -2.45. The number of hydrogen-bond donors (Lipinski definition) is 2. The standard InChI is InChI=1S/C16H25N3O4S.HI/c20-24(21)10-6-13(12-24)19-16(18-11-15-4-2-9-23-15)17-7-5-14-3-1-8-22-14;/h1,3,8,13,15H,2,4-7,9-12H2,(H2,17,18,19);1H. The minimum atomic E-state index is -2.91. The van der Waals surface area contributed by atoms with Gasteiger partial charge >= 0.3 is 0 Å². The number of aliphatic imine (C=N–C) groups is 1. The Bertz CT molecular complexity index is 642. The van der Waals surface area contributed by atoms with Gasteiger partial charge in [0.05, 0.1) is 30.4 Å². The van der Waals surface area contributed by atoms with Crippen molar-refractivity contribution >= 4 is 39.8 Å². The number of nitrogens with one attached hydrogen (secondary N) is 2. The molecule has 2 aliphatic heterocycles. The number of hydrogen-bond acceptors (Lipinski definition) is 5. The number of sulfone groups is 1. The van der Waals surface area contributed by atoms with Crippen molar-refractivity contribution in [1.82, 2.24) is 10.6 Å². The number of ether oxygens (including phenoxy) is 1. The third-order valence-corrected chi connectivity index (χ3v) is 6.06. The van der Waals surface area contributed by atoms with Crippen LogP contribution in [-0.2, 0) is 21.0 Å². The van der Waals surface area contributed by atoms with Crippen LogP contribution in [0.1, 0.15) is 25.0 Å². The Hall–Kier alpha value is -0.810. The number of nitrogens with zero attached hydrogens (tertiary/aromatic N) is 1. The average molecular weight is 483 g/mol. The van der Waals surface area contributed by atoms with E-state index in [1.165, 1.54) is 0 Å². The summed E-state index contributed by atoms with van der Waals surface area (Å²) in [6, 6.07) is 3.72.